The Morgan fingerprint density at radius 2 is 1.39 bits per heavy atom. The second kappa shape index (κ2) is 5.13. The zero-order valence-corrected chi connectivity index (χ0v) is 11.6. The lowest BCUT2D eigenvalue weighted by Crippen LogP contribution is -2.01. The van der Waals surface area contributed by atoms with Crippen molar-refractivity contribution in [3.05, 3.63) is 69.2 Å². The zero-order chi connectivity index (χ0) is 13.3. The van der Waals surface area contributed by atoms with Crippen LogP contribution in [-0.2, 0) is 0 Å². The lowest BCUT2D eigenvalue weighted by atomic mass is 9.97. The number of hydrogen-bond acceptors (Lipinski definition) is 1. The van der Waals surface area contributed by atoms with Crippen molar-refractivity contribution in [2.24, 2.45) is 0 Å². The molecule has 94 valence electrons. The van der Waals surface area contributed by atoms with Crippen LogP contribution in [0.25, 0.3) is 0 Å². The van der Waals surface area contributed by atoms with Crippen LogP contribution in [-0.4, -0.2) is 5.11 Å². The molecule has 2 heteroatoms. The van der Waals surface area contributed by atoms with Crippen molar-refractivity contribution in [1.82, 2.24) is 0 Å². The van der Waals surface area contributed by atoms with E-state index in [1.165, 1.54) is 11.1 Å². The van der Waals surface area contributed by atoms with E-state index >= 15 is 0 Å². The molecule has 0 saturated heterocycles. The van der Waals surface area contributed by atoms with E-state index < -0.39 is 6.10 Å². The molecule has 0 amide bonds. The normalized spacial score (nSPS) is 12.5. The van der Waals surface area contributed by atoms with Crippen LogP contribution >= 0.6 is 11.6 Å². The highest BCUT2D eigenvalue weighted by Crippen LogP contribution is 2.26. The Labute approximate surface area is 113 Å². The topological polar surface area (TPSA) is 20.2 Å². The Bertz CT molecular complexity index is 524. The van der Waals surface area contributed by atoms with Gasteiger partial charge in [0.1, 0.15) is 6.10 Å². The van der Waals surface area contributed by atoms with Crippen LogP contribution in [0.15, 0.2) is 36.4 Å². The molecule has 0 spiro atoms. The van der Waals surface area contributed by atoms with E-state index in [4.69, 9.17) is 11.6 Å². The van der Waals surface area contributed by atoms with E-state index in [9.17, 15) is 5.11 Å². The summed E-state index contributed by atoms with van der Waals surface area (Å²) in [6, 6.07) is 11.7. The van der Waals surface area contributed by atoms with Gasteiger partial charge in [-0.05, 0) is 54.7 Å². The SMILES string of the molecule is Cc1ccc(C(O)c2ccc(Cl)c(C)c2)cc1C. The van der Waals surface area contributed by atoms with Gasteiger partial charge in [0.2, 0.25) is 0 Å². The predicted molar refractivity (Wildman–Crippen MR) is 76.2 cm³/mol. The molecule has 2 aromatic carbocycles. The summed E-state index contributed by atoms with van der Waals surface area (Å²) < 4.78 is 0. The standard InChI is InChI=1S/C16H17ClO/c1-10-4-5-13(8-11(10)2)16(18)14-6-7-15(17)12(3)9-14/h4-9,16,18H,1-3H3. The number of rotatable bonds is 2. The van der Waals surface area contributed by atoms with Gasteiger partial charge in [-0.15, -0.1) is 0 Å². The quantitative estimate of drug-likeness (QED) is 0.851. The third-order valence-corrected chi connectivity index (χ3v) is 3.77. The fourth-order valence-electron chi connectivity index (χ4n) is 1.97. The monoisotopic (exact) mass is 260 g/mol. The van der Waals surface area contributed by atoms with Crippen LogP contribution < -0.4 is 0 Å². The van der Waals surface area contributed by atoms with Crippen molar-refractivity contribution in [2.45, 2.75) is 26.9 Å². The van der Waals surface area contributed by atoms with Gasteiger partial charge in [-0.25, -0.2) is 0 Å². The molecule has 0 heterocycles. The molecule has 0 aliphatic rings. The molecule has 1 nitrogen and oxygen atoms in total. The van der Waals surface area contributed by atoms with Gasteiger partial charge in [0.15, 0.2) is 0 Å². The average Bonchev–Trinajstić information content (AvgIpc) is 2.35. The van der Waals surface area contributed by atoms with Crippen molar-refractivity contribution in [3.8, 4) is 0 Å². The first kappa shape index (κ1) is 13.1. The highest BCUT2D eigenvalue weighted by molar-refractivity contribution is 6.31. The Morgan fingerprint density at radius 1 is 0.833 bits per heavy atom. The summed E-state index contributed by atoms with van der Waals surface area (Å²) in [5.41, 5.74) is 5.20. The lowest BCUT2D eigenvalue weighted by Gasteiger charge is -2.14. The first-order valence-electron chi connectivity index (χ1n) is 6.00. The smallest absolute Gasteiger partial charge is 0.104 e. The van der Waals surface area contributed by atoms with Crippen LogP contribution in [0.5, 0.6) is 0 Å². The Balaban J connectivity index is 2.37. The van der Waals surface area contributed by atoms with E-state index in [1.54, 1.807) is 0 Å². The summed E-state index contributed by atoms with van der Waals surface area (Å²) in [6.45, 7) is 6.07. The molecule has 18 heavy (non-hydrogen) atoms. The predicted octanol–water partition coefficient (Wildman–Crippen LogP) is 4.35. The van der Waals surface area contributed by atoms with E-state index in [0.717, 1.165) is 21.7 Å². The molecular formula is C16H17ClO. The summed E-state index contributed by atoms with van der Waals surface area (Å²) >= 11 is 6.00. The van der Waals surface area contributed by atoms with Gasteiger partial charge in [-0.1, -0.05) is 41.9 Å². The van der Waals surface area contributed by atoms with Crippen molar-refractivity contribution < 1.29 is 5.11 Å². The lowest BCUT2D eigenvalue weighted by molar-refractivity contribution is 0.220. The second-order valence-corrected chi connectivity index (χ2v) is 5.16. The largest absolute Gasteiger partial charge is 0.384 e. The molecule has 1 atom stereocenters. The molecular weight excluding hydrogens is 244 g/mol. The molecule has 0 aromatic heterocycles. The fraction of sp³-hybridized carbons (Fsp3) is 0.250. The number of aryl methyl sites for hydroxylation is 3. The summed E-state index contributed by atoms with van der Waals surface area (Å²) in [5, 5.41) is 11.1. The summed E-state index contributed by atoms with van der Waals surface area (Å²) in [7, 11) is 0. The highest BCUT2D eigenvalue weighted by atomic mass is 35.5. The Morgan fingerprint density at radius 3 is 1.94 bits per heavy atom. The number of hydrogen-bond donors (Lipinski definition) is 1. The maximum absolute atomic E-state index is 10.4. The molecule has 0 aliphatic carbocycles. The Kier molecular flexibility index (Phi) is 3.74. The number of aliphatic hydroxyl groups is 1. The summed E-state index contributed by atoms with van der Waals surface area (Å²) in [4.78, 5) is 0. The molecule has 0 fully saturated rings. The molecule has 1 N–H and O–H groups in total. The number of benzene rings is 2. The van der Waals surface area contributed by atoms with Gasteiger partial charge in [-0.3, -0.25) is 0 Å². The van der Waals surface area contributed by atoms with E-state index in [0.29, 0.717) is 0 Å². The fourth-order valence-corrected chi connectivity index (χ4v) is 2.08. The van der Waals surface area contributed by atoms with Gasteiger partial charge in [0, 0.05) is 5.02 Å². The van der Waals surface area contributed by atoms with Crippen molar-refractivity contribution in [2.75, 3.05) is 0 Å². The van der Waals surface area contributed by atoms with E-state index in [-0.39, 0.29) is 0 Å². The van der Waals surface area contributed by atoms with Gasteiger partial charge in [0.05, 0.1) is 0 Å². The minimum atomic E-state index is -0.597. The maximum Gasteiger partial charge on any atom is 0.104 e. The number of halogens is 1. The third kappa shape index (κ3) is 2.58. The second-order valence-electron chi connectivity index (χ2n) is 4.75. The summed E-state index contributed by atoms with van der Waals surface area (Å²) in [6.07, 6.45) is -0.597. The maximum atomic E-state index is 10.4. The van der Waals surface area contributed by atoms with Crippen LogP contribution in [0.2, 0.25) is 5.02 Å². The molecule has 2 aromatic rings. The average molecular weight is 261 g/mol. The van der Waals surface area contributed by atoms with E-state index in [1.807, 2.05) is 43.3 Å². The zero-order valence-electron chi connectivity index (χ0n) is 10.9. The van der Waals surface area contributed by atoms with Gasteiger partial charge in [-0.2, -0.15) is 0 Å². The van der Waals surface area contributed by atoms with Crippen molar-refractivity contribution in [1.29, 1.82) is 0 Å². The molecule has 0 bridgehead atoms. The Hall–Kier alpha value is -1.31. The van der Waals surface area contributed by atoms with Gasteiger partial charge < -0.3 is 5.11 Å². The van der Waals surface area contributed by atoms with Crippen LogP contribution in [0.4, 0.5) is 0 Å². The van der Waals surface area contributed by atoms with Crippen molar-refractivity contribution in [3.63, 3.8) is 0 Å². The van der Waals surface area contributed by atoms with Crippen LogP contribution in [0, 0.1) is 20.8 Å². The molecule has 2 rings (SSSR count). The first-order valence-corrected chi connectivity index (χ1v) is 6.38. The molecule has 1 unspecified atom stereocenters. The van der Waals surface area contributed by atoms with Gasteiger partial charge >= 0.3 is 0 Å². The third-order valence-electron chi connectivity index (χ3n) is 3.34. The van der Waals surface area contributed by atoms with Gasteiger partial charge in [0.25, 0.3) is 0 Å². The first-order chi connectivity index (χ1) is 8.49. The molecule has 0 aliphatic heterocycles. The van der Waals surface area contributed by atoms with Crippen molar-refractivity contribution >= 4 is 11.6 Å². The summed E-state index contributed by atoms with van der Waals surface area (Å²) in [5.74, 6) is 0. The van der Waals surface area contributed by atoms with Crippen LogP contribution in [0.3, 0.4) is 0 Å². The van der Waals surface area contributed by atoms with Crippen LogP contribution in [0.1, 0.15) is 33.9 Å². The minimum absolute atomic E-state index is 0.597. The highest BCUT2D eigenvalue weighted by Gasteiger charge is 2.12. The number of aliphatic hydroxyl groups excluding tert-OH is 1. The molecule has 0 saturated carbocycles. The van der Waals surface area contributed by atoms with E-state index in [2.05, 4.69) is 13.8 Å². The molecule has 0 radical (unpaired) electrons. The minimum Gasteiger partial charge on any atom is -0.384 e.